The summed E-state index contributed by atoms with van der Waals surface area (Å²) < 4.78 is 23.7. The first-order valence-electron chi connectivity index (χ1n) is 2.84. The van der Waals surface area contributed by atoms with E-state index in [0.29, 0.717) is 0 Å². The van der Waals surface area contributed by atoms with Crippen LogP contribution in [-0.4, -0.2) is 18.4 Å². The number of hydrogen-bond donors (Lipinski definition) is 1. The number of amides is 1. The third-order valence-corrected chi connectivity index (χ3v) is 1.04. The molecule has 0 aromatic rings. The van der Waals surface area contributed by atoms with Crippen molar-refractivity contribution in [3.8, 4) is 0 Å². The minimum atomic E-state index is -3.31. The molecule has 0 saturated carbocycles. The lowest BCUT2D eigenvalue weighted by atomic mass is 10.3. The van der Waals surface area contributed by atoms with Gasteiger partial charge in [0.1, 0.15) is 0 Å². The van der Waals surface area contributed by atoms with Gasteiger partial charge in [0, 0.05) is 12.8 Å². The van der Waals surface area contributed by atoms with Crippen molar-refractivity contribution in [2.45, 2.75) is 18.2 Å². The summed E-state index contributed by atoms with van der Waals surface area (Å²) in [6, 6.07) is 0. The molecular formula is C5H8ClF2NO2. The zero-order valence-corrected chi connectivity index (χ0v) is 6.62. The van der Waals surface area contributed by atoms with Crippen molar-refractivity contribution in [2.75, 3.05) is 7.11 Å². The Morgan fingerprint density at radius 1 is 1.73 bits per heavy atom. The van der Waals surface area contributed by atoms with Crippen LogP contribution >= 0.6 is 11.6 Å². The van der Waals surface area contributed by atoms with Crippen LogP contribution in [0.15, 0.2) is 0 Å². The molecule has 0 fully saturated rings. The van der Waals surface area contributed by atoms with Crippen LogP contribution in [0.4, 0.5) is 8.78 Å². The number of carbonyl (C=O) groups excluding carboxylic acids is 1. The second-order valence-corrected chi connectivity index (χ2v) is 2.40. The first-order chi connectivity index (χ1) is 4.95. The predicted molar refractivity (Wildman–Crippen MR) is 35.2 cm³/mol. The Morgan fingerprint density at radius 2 is 2.27 bits per heavy atom. The van der Waals surface area contributed by atoms with Crippen molar-refractivity contribution < 1.29 is 18.4 Å². The number of hydroxylamine groups is 1. The highest BCUT2D eigenvalue weighted by Gasteiger charge is 2.25. The highest BCUT2D eigenvalue weighted by atomic mass is 35.5. The molecule has 0 heterocycles. The number of alkyl halides is 3. The number of hydrogen-bond acceptors (Lipinski definition) is 2. The third-order valence-electron chi connectivity index (χ3n) is 0.851. The molecule has 0 aliphatic heterocycles. The van der Waals surface area contributed by atoms with Gasteiger partial charge in [-0.2, -0.15) is 8.78 Å². The van der Waals surface area contributed by atoms with Crippen molar-refractivity contribution >= 4 is 17.5 Å². The number of carbonyl (C=O) groups is 1. The van der Waals surface area contributed by atoms with Crippen LogP contribution in [0.25, 0.3) is 0 Å². The summed E-state index contributed by atoms with van der Waals surface area (Å²) in [5.41, 5.74) is 1.89. The molecule has 1 N–H and O–H groups in total. The Kier molecular flexibility index (Phi) is 4.29. The van der Waals surface area contributed by atoms with E-state index in [9.17, 15) is 13.6 Å². The molecular weight excluding hydrogens is 180 g/mol. The minimum absolute atomic E-state index is 0.357. The molecule has 0 aromatic heterocycles. The molecule has 11 heavy (non-hydrogen) atoms. The van der Waals surface area contributed by atoms with Gasteiger partial charge in [0.05, 0.1) is 7.11 Å². The Labute approximate surface area is 67.6 Å². The fourth-order valence-corrected chi connectivity index (χ4v) is 0.515. The van der Waals surface area contributed by atoms with E-state index in [4.69, 9.17) is 0 Å². The molecule has 0 atom stereocenters. The average molecular weight is 188 g/mol. The Balaban J connectivity index is 3.46. The van der Waals surface area contributed by atoms with E-state index in [1.165, 1.54) is 7.11 Å². The normalized spacial score (nSPS) is 11.3. The van der Waals surface area contributed by atoms with Gasteiger partial charge in [0.15, 0.2) is 0 Å². The minimum Gasteiger partial charge on any atom is -0.277 e. The Hall–Kier alpha value is -0.420. The molecule has 0 rings (SSSR count). The summed E-state index contributed by atoms with van der Waals surface area (Å²) in [4.78, 5) is 14.6. The number of nitrogens with one attached hydrogen (secondary N) is 1. The van der Waals surface area contributed by atoms with E-state index in [1.54, 1.807) is 0 Å². The molecule has 0 spiro atoms. The standard InChI is InChI=1S/C5H8ClF2NO2/c1-11-9-4(10)2-3-5(6,7)8/h2-3H2,1H3,(H,9,10). The van der Waals surface area contributed by atoms with Gasteiger partial charge in [0.2, 0.25) is 5.91 Å². The maximum Gasteiger partial charge on any atom is 0.322 e. The molecule has 66 valence electrons. The van der Waals surface area contributed by atoms with Gasteiger partial charge in [-0.1, -0.05) is 0 Å². The Bertz CT molecular complexity index is 137. The average Bonchev–Trinajstić information content (AvgIpc) is 1.83. The van der Waals surface area contributed by atoms with Gasteiger partial charge in [-0.05, 0) is 11.6 Å². The van der Waals surface area contributed by atoms with Crippen LogP contribution in [-0.2, 0) is 9.63 Å². The second-order valence-electron chi connectivity index (χ2n) is 1.84. The zero-order chi connectivity index (χ0) is 8.91. The van der Waals surface area contributed by atoms with Crippen LogP contribution in [0.5, 0.6) is 0 Å². The van der Waals surface area contributed by atoms with Gasteiger partial charge < -0.3 is 0 Å². The molecule has 0 radical (unpaired) electrons. The van der Waals surface area contributed by atoms with Gasteiger partial charge >= 0.3 is 5.38 Å². The van der Waals surface area contributed by atoms with Crippen LogP contribution in [0.3, 0.4) is 0 Å². The van der Waals surface area contributed by atoms with E-state index >= 15 is 0 Å². The van der Waals surface area contributed by atoms with Crippen molar-refractivity contribution in [1.29, 1.82) is 0 Å². The molecule has 0 unspecified atom stereocenters. The fourth-order valence-electron chi connectivity index (χ4n) is 0.420. The van der Waals surface area contributed by atoms with Crippen LogP contribution in [0.2, 0.25) is 0 Å². The summed E-state index contributed by atoms with van der Waals surface area (Å²) in [6.45, 7) is 0. The largest absolute Gasteiger partial charge is 0.322 e. The molecule has 1 amide bonds. The van der Waals surface area contributed by atoms with Crippen molar-refractivity contribution in [1.82, 2.24) is 5.48 Å². The SMILES string of the molecule is CONC(=O)CCC(F)(F)Cl. The molecule has 0 aliphatic carbocycles. The highest BCUT2D eigenvalue weighted by molar-refractivity contribution is 6.21. The van der Waals surface area contributed by atoms with Crippen molar-refractivity contribution in [3.05, 3.63) is 0 Å². The maximum absolute atomic E-state index is 11.9. The van der Waals surface area contributed by atoms with Crippen molar-refractivity contribution in [3.63, 3.8) is 0 Å². The molecule has 6 heteroatoms. The zero-order valence-electron chi connectivity index (χ0n) is 5.86. The molecule has 0 saturated heterocycles. The van der Waals surface area contributed by atoms with Crippen LogP contribution in [0.1, 0.15) is 12.8 Å². The molecule has 0 aromatic carbocycles. The van der Waals surface area contributed by atoms with Gasteiger partial charge in [-0.3, -0.25) is 9.63 Å². The van der Waals surface area contributed by atoms with Crippen LogP contribution in [0, 0.1) is 0 Å². The third kappa shape index (κ3) is 7.48. The lowest BCUT2D eigenvalue weighted by molar-refractivity contribution is -0.132. The predicted octanol–water partition coefficient (Wildman–Crippen LogP) is 1.28. The van der Waals surface area contributed by atoms with E-state index in [-0.39, 0.29) is 6.42 Å². The smallest absolute Gasteiger partial charge is 0.277 e. The topological polar surface area (TPSA) is 38.3 Å². The summed E-state index contributed by atoms with van der Waals surface area (Å²) in [5.74, 6) is -0.618. The lowest BCUT2D eigenvalue weighted by Gasteiger charge is -2.06. The number of halogens is 3. The van der Waals surface area contributed by atoms with E-state index in [0.717, 1.165) is 0 Å². The monoisotopic (exact) mass is 187 g/mol. The van der Waals surface area contributed by atoms with E-state index in [2.05, 4.69) is 16.4 Å². The summed E-state index contributed by atoms with van der Waals surface area (Å²) in [7, 11) is 1.22. The second kappa shape index (κ2) is 4.46. The quantitative estimate of drug-likeness (QED) is 0.532. The molecule has 0 bridgehead atoms. The highest BCUT2D eigenvalue weighted by Crippen LogP contribution is 2.24. The summed E-state index contributed by atoms with van der Waals surface area (Å²) in [6.07, 6.45) is -1.05. The molecule has 0 aliphatic rings. The summed E-state index contributed by atoms with van der Waals surface area (Å²) in [5, 5.41) is -3.31. The first-order valence-corrected chi connectivity index (χ1v) is 3.22. The summed E-state index contributed by atoms with van der Waals surface area (Å²) >= 11 is 4.52. The first kappa shape index (κ1) is 10.6. The Morgan fingerprint density at radius 3 is 2.64 bits per heavy atom. The van der Waals surface area contributed by atoms with Gasteiger partial charge in [-0.15, -0.1) is 0 Å². The fraction of sp³-hybridized carbons (Fsp3) is 0.800. The maximum atomic E-state index is 11.9. The van der Waals surface area contributed by atoms with E-state index < -0.39 is 17.7 Å². The lowest BCUT2D eigenvalue weighted by Crippen LogP contribution is -2.23. The molecule has 3 nitrogen and oxygen atoms in total. The van der Waals surface area contributed by atoms with Crippen molar-refractivity contribution in [2.24, 2.45) is 0 Å². The van der Waals surface area contributed by atoms with Gasteiger partial charge in [0.25, 0.3) is 0 Å². The van der Waals surface area contributed by atoms with Crippen LogP contribution < -0.4 is 5.48 Å². The van der Waals surface area contributed by atoms with E-state index in [1.807, 2.05) is 5.48 Å². The van der Waals surface area contributed by atoms with Gasteiger partial charge in [-0.25, -0.2) is 5.48 Å². The number of rotatable bonds is 4.